The molecule has 0 unspecified atom stereocenters. The Morgan fingerprint density at radius 2 is 1.67 bits per heavy atom. The van der Waals surface area contributed by atoms with Crippen LogP contribution in [0, 0.1) is 5.92 Å². The van der Waals surface area contributed by atoms with Gasteiger partial charge in [0.25, 0.3) is 0 Å². The molecular weight excluding hydrogens is 180 g/mol. The molecule has 0 spiro atoms. The molecule has 1 fully saturated rings. The van der Waals surface area contributed by atoms with Crippen LogP contribution in [0.3, 0.4) is 0 Å². The van der Waals surface area contributed by atoms with Gasteiger partial charge in [-0.2, -0.15) is 0 Å². The first kappa shape index (κ1) is 8.96. The molecule has 0 saturated heterocycles. The highest BCUT2D eigenvalue weighted by Crippen LogP contribution is 2.33. The molecule has 0 amide bonds. The minimum Gasteiger partial charge on any atom is -0.0616 e. The fourth-order valence-corrected chi connectivity index (χ4v) is 2.32. The highest BCUT2D eigenvalue weighted by atomic mass is 14.2. The highest BCUT2D eigenvalue weighted by Gasteiger charge is 2.18. The van der Waals surface area contributed by atoms with Gasteiger partial charge in [0.1, 0.15) is 0 Å². The zero-order valence-corrected chi connectivity index (χ0v) is 8.87. The zero-order valence-electron chi connectivity index (χ0n) is 8.87. The number of hydrogen-bond donors (Lipinski definition) is 0. The van der Waals surface area contributed by atoms with Crippen LogP contribution >= 0.6 is 0 Å². The lowest BCUT2D eigenvalue weighted by Crippen LogP contribution is -2.11. The molecule has 0 heterocycles. The molecule has 3 rings (SSSR count). The van der Waals surface area contributed by atoms with Gasteiger partial charge in [-0.1, -0.05) is 48.9 Å². The lowest BCUT2D eigenvalue weighted by Gasteiger charge is -2.25. The highest BCUT2D eigenvalue weighted by molar-refractivity contribution is 5.85. The van der Waals surface area contributed by atoms with Crippen molar-refractivity contribution < 1.29 is 0 Å². The molecule has 1 radical (unpaired) electrons. The maximum Gasteiger partial charge on any atom is -0.0152 e. The first-order chi connectivity index (χ1) is 7.43. The predicted octanol–water partition coefficient (Wildman–Crippen LogP) is 4.14. The number of fused-ring (bicyclic) bond motifs is 1. The maximum absolute atomic E-state index is 2.27. The van der Waals surface area contributed by atoms with E-state index < -0.39 is 0 Å². The van der Waals surface area contributed by atoms with Gasteiger partial charge in [0, 0.05) is 0 Å². The number of rotatable bonds is 2. The SMILES string of the molecule is c1ccc2c(C[C]3CCC3)cccc2c1. The Bertz CT molecular complexity index is 461. The molecule has 0 aliphatic heterocycles. The van der Waals surface area contributed by atoms with Gasteiger partial charge in [-0.05, 0) is 41.5 Å². The fourth-order valence-electron chi connectivity index (χ4n) is 2.32. The molecular formula is C15H15. The van der Waals surface area contributed by atoms with E-state index in [1.54, 1.807) is 5.92 Å². The summed E-state index contributed by atoms with van der Waals surface area (Å²) in [5.41, 5.74) is 1.50. The van der Waals surface area contributed by atoms with Crippen LogP contribution in [0.25, 0.3) is 10.8 Å². The largest absolute Gasteiger partial charge is 0.0616 e. The first-order valence-corrected chi connectivity index (χ1v) is 5.74. The number of hydrogen-bond acceptors (Lipinski definition) is 0. The van der Waals surface area contributed by atoms with Gasteiger partial charge >= 0.3 is 0 Å². The van der Waals surface area contributed by atoms with Crippen molar-refractivity contribution in [3.63, 3.8) is 0 Å². The Kier molecular flexibility index (Phi) is 2.21. The van der Waals surface area contributed by atoms with Crippen molar-refractivity contribution in [3.05, 3.63) is 53.9 Å². The second-order valence-corrected chi connectivity index (χ2v) is 4.42. The summed E-state index contributed by atoms with van der Waals surface area (Å²) in [5.74, 6) is 1.73. The molecule has 0 atom stereocenters. The normalized spacial score (nSPS) is 16.5. The molecule has 15 heavy (non-hydrogen) atoms. The molecule has 0 aromatic heterocycles. The van der Waals surface area contributed by atoms with E-state index >= 15 is 0 Å². The topological polar surface area (TPSA) is 0 Å². The third-order valence-corrected chi connectivity index (χ3v) is 3.38. The van der Waals surface area contributed by atoms with E-state index in [0.29, 0.717) is 0 Å². The molecule has 1 aliphatic rings. The summed E-state index contributed by atoms with van der Waals surface area (Å²) < 4.78 is 0. The molecule has 0 bridgehead atoms. The smallest absolute Gasteiger partial charge is 0.0152 e. The Labute approximate surface area is 90.9 Å². The fraction of sp³-hybridized carbons (Fsp3) is 0.267. The van der Waals surface area contributed by atoms with Crippen LogP contribution in [0.4, 0.5) is 0 Å². The van der Waals surface area contributed by atoms with Crippen LogP contribution < -0.4 is 0 Å². The van der Waals surface area contributed by atoms with Crippen molar-refractivity contribution >= 4 is 10.8 Å². The van der Waals surface area contributed by atoms with Crippen LogP contribution in [0.1, 0.15) is 24.8 Å². The van der Waals surface area contributed by atoms with Crippen LogP contribution in [0.15, 0.2) is 42.5 Å². The average molecular weight is 195 g/mol. The molecule has 0 nitrogen and oxygen atoms in total. The summed E-state index contributed by atoms with van der Waals surface area (Å²) in [4.78, 5) is 0. The van der Waals surface area contributed by atoms with Crippen LogP contribution in [0.5, 0.6) is 0 Å². The van der Waals surface area contributed by atoms with E-state index in [1.165, 1.54) is 42.0 Å². The summed E-state index contributed by atoms with van der Waals surface area (Å²) in [6.07, 6.45) is 5.30. The summed E-state index contributed by atoms with van der Waals surface area (Å²) in [7, 11) is 0. The van der Waals surface area contributed by atoms with E-state index in [-0.39, 0.29) is 0 Å². The molecule has 0 heteroatoms. The van der Waals surface area contributed by atoms with Gasteiger partial charge < -0.3 is 0 Å². The van der Waals surface area contributed by atoms with E-state index in [9.17, 15) is 0 Å². The van der Waals surface area contributed by atoms with Crippen LogP contribution in [-0.4, -0.2) is 0 Å². The Balaban J connectivity index is 2.01. The molecule has 2 aromatic carbocycles. The van der Waals surface area contributed by atoms with Crippen LogP contribution in [0.2, 0.25) is 0 Å². The van der Waals surface area contributed by atoms with Crippen molar-refractivity contribution in [1.29, 1.82) is 0 Å². The molecule has 0 N–H and O–H groups in total. The average Bonchev–Trinajstić information content (AvgIpc) is 2.23. The third kappa shape index (κ3) is 1.65. The molecule has 1 aliphatic carbocycles. The summed E-state index contributed by atoms with van der Waals surface area (Å²) >= 11 is 0. The molecule has 75 valence electrons. The molecule has 1 saturated carbocycles. The monoisotopic (exact) mass is 195 g/mol. The van der Waals surface area contributed by atoms with E-state index in [2.05, 4.69) is 42.5 Å². The summed E-state index contributed by atoms with van der Waals surface area (Å²) in [6, 6.07) is 15.3. The van der Waals surface area contributed by atoms with Gasteiger partial charge in [0.2, 0.25) is 0 Å². The van der Waals surface area contributed by atoms with Gasteiger partial charge in [-0.25, -0.2) is 0 Å². The molecule has 2 aromatic rings. The zero-order chi connectivity index (χ0) is 10.1. The standard InChI is InChI=1S/C15H15/c1-2-10-15-13(7-1)8-4-9-14(15)11-12-5-3-6-12/h1-2,4,7-10H,3,5-6,11H2. The lowest BCUT2D eigenvalue weighted by molar-refractivity contribution is 0.529. The minimum atomic E-state index is 1.20. The van der Waals surface area contributed by atoms with Crippen molar-refractivity contribution in [1.82, 2.24) is 0 Å². The second-order valence-electron chi connectivity index (χ2n) is 4.42. The predicted molar refractivity (Wildman–Crippen MR) is 64.7 cm³/mol. The summed E-state index contributed by atoms with van der Waals surface area (Å²) in [5, 5.41) is 2.80. The Morgan fingerprint density at radius 3 is 2.47 bits per heavy atom. The van der Waals surface area contributed by atoms with Crippen molar-refractivity contribution in [2.24, 2.45) is 0 Å². The van der Waals surface area contributed by atoms with Gasteiger partial charge in [0.05, 0.1) is 0 Å². The van der Waals surface area contributed by atoms with Crippen LogP contribution in [-0.2, 0) is 6.42 Å². The lowest BCUT2D eigenvalue weighted by atomic mass is 9.80. The minimum absolute atomic E-state index is 1.20. The van der Waals surface area contributed by atoms with Gasteiger partial charge in [-0.15, -0.1) is 0 Å². The maximum atomic E-state index is 2.27. The quantitative estimate of drug-likeness (QED) is 0.675. The van der Waals surface area contributed by atoms with Crippen molar-refractivity contribution in [2.75, 3.05) is 0 Å². The van der Waals surface area contributed by atoms with Crippen molar-refractivity contribution in [2.45, 2.75) is 25.7 Å². The first-order valence-electron chi connectivity index (χ1n) is 5.74. The third-order valence-electron chi connectivity index (χ3n) is 3.38. The Morgan fingerprint density at radius 1 is 0.867 bits per heavy atom. The van der Waals surface area contributed by atoms with Gasteiger partial charge in [-0.3, -0.25) is 0 Å². The second kappa shape index (κ2) is 3.69. The van der Waals surface area contributed by atoms with E-state index in [0.717, 1.165) is 0 Å². The van der Waals surface area contributed by atoms with E-state index in [4.69, 9.17) is 0 Å². The van der Waals surface area contributed by atoms with E-state index in [1.807, 2.05) is 0 Å². The number of benzene rings is 2. The Hall–Kier alpha value is -1.30. The van der Waals surface area contributed by atoms with Crippen molar-refractivity contribution in [3.8, 4) is 0 Å². The summed E-state index contributed by atoms with van der Waals surface area (Å²) in [6.45, 7) is 0. The van der Waals surface area contributed by atoms with Gasteiger partial charge in [0.15, 0.2) is 0 Å².